The molecule has 3 nitrogen and oxygen atoms in total. The topological polar surface area (TPSA) is 36.4 Å². The zero-order chi connectivity index (χ0) is 11.4. The Morgan fingerprint density at radius 1 is 1.56 bits per heavy atom. The van der Waals surface area contributed by atoms with Gasteiger partial charge < -0.3 is 5.11 Å². The second kappa shape index (κ2) is 5.41. The molecule has 0 aliphatic carbocycles. The summed E-state index contributed by atoms with van der Waals surface area (Å²) >= 11 is 0. The van der Waals surface area contributed by atoms with Gasteiger partial charge >= 0.3 is 0 Å². The lowest BCUT2D eigenvalue weighted by molar-refractivity contribution is 0.0922. The summed E-state index contributed by atoms with van der Waals surface area (Å²) < 4.78 is 0. The first-order valence-electron chi connectivity index (χ1n) is 6.07. The summed E-state index contributed by atoms with van der Waals surface area (Å²) in [6.45, 7) is 4.62. The molecular formula is C13H20N2O. The fourth-order valence-corrected chi connectivity index (χ4v) is 2.41. The number of hydrogen-bond donors (Lipinski definition) is 1. The second-order valence-electron chi connectivity index (χ2n) is 4.62. The minimum Gasteiger partial charge on any atom is -0.396 e. The number of nitrogens with zero attached hydrogens (tertiary/aromatic N) is 2. The average Bonchev–Trinajstić information content (AvgIpc) is 2.39. The lowest BCUT2D eigenvalue weighted by Crippen LogP contribution is -2.38. The molecule has 2 unspecified atom stereocenters. The summed E-state index contributed by atoms with van der Waals surface area (Å²) in [4.78, 5) is 6.82. The number of piperidine rings is 1. The molecule has 2 heterocycles. The summed E-state index contributed by atoms with van der Waals surface area (Å²) in [7, 11) is 0. The number of hydrogen-bond acceptors (Lipinski definition) is 3. The largest absolute Gasteiger partial charge is 0.396 e. The molecule has 1 N–H and O–H groups in total. The Balaban J connectivity index is 2.01. The molecule has 3 heteroatoms. The summed E-state index contributed by atoms with van der Waals surface area (Å²) in [6, 6.07) is 6.42. The molecular weight excluding hydrogens is 200 g/mol. The van der Waals surface area contributed by atoms with Crippen LogP contribution in [0.3, 0.4) is 0 Å². The quantitative estimate of drug-likeness (QED) is 0.844. The third-order valence-electron chi connectivity index (χ3n) is 3.47. The van der Waals surface area contributed by atoms with Gasteiger partial charge in [-0.1, -0.05) is 6.07 Å². The number of pyridine rings is 1. The van der Waals surface area contributed by atoms with Crippen molar-refractivity contribution in [3.8, 4) is 0 Å². The van der Waals surface area contributed by atoms with Crippen LogP contribution in [0.2, 0.25) is 0 Å². The van der Waals surface area contributed by atoms with E-state index in [9.17, 15) is 5.11 Å². The van der Waals surface area contributed by atoms with Crippen LogP contribution in [-0.4, -0.2) is 34.7 Å². The highest BCUT2D eigenvalue weighted by Crippen LogP contribution is 2.24. The van der Waals surface area contributed by atoms with Gasteiger partial charge in [0.2, 0.25) is 0 Å². The van der Waals surface area contributed by atoms with E-state index in [-0.39, 0.29) is 0 Å². The molecule has 0 bridgehead atoms. The van der Waals surface area contributed by atoms with E-state index in [0.717, 1.165) is 25.2 Å². The van der Waals surface area contributed by atoms with Crippen LogP contribution in [0.25, 0.3) is 0 Å². The Labute approximate surface area is 97.1 Å². The minimum atomic E-state index is 0.311. The van der Waals surface area contributed by atoms with E-state index >= 15 is 0 Å². The third-order valence-corrected chi connectivity index (χ3v) is 3.47. The molecule has 0 amide bonds. The average molecular weight is 220 g/mol. The van der Waals surface area contributed by atoms with Gasteiger partial charge in [0.1, 0.15) is 0 Å². The van der Waals surface area contributed by atoms with Crippen LogP contribution < -0.4 is 0 Å². The summed E-state index contributed by atoms with van der Waals surface area (Å²) in [6.07, 6.45) is 4.18. The molecule has 0 saturated carbocycles. The van der Waals surface area contributed by atoms with Gasteiger partial charge in [0.25, 0.3) is 0 Å². The van der Waals surface area contributed by atoms with E-state index < -0.39 is 0 Å². The van der Waals surface area contributed by atoms with E-state index in [4.69, 9.17) is 0 Å². The van der Waals surface area contributed by atoms with Crippen molar-refractivity contribution in [1.29, 1.82) is 0 Å². The molecule has 1 aromatic heterocycles. The lowest BCUT2D eigenvalue weighted by atomic mass is 9.97. The van der Waals surface area contributed by atoms with Gasteiger partial charge in [0.05, 0.1) is 5.69 Å². The fourth-order valence-electron chi connectivity index (χ4n) is 2.41. The highest BCUT2D eigenvalue weighted by molar-refractivity contribution is 5.08. The van der Waals surface area contributed by atoms with Crippen molar-refractivity contribution in [2.75, 3.05) is 19.7 Å². The Bertz CT molecular complexity index is 315. The van der Waals surface area contributed by atoms with Crippen molar-refractivity contribution >= 4 is 0 Å². The maximum absolute atomic E-state index is 9.22. The summed E-state index contributed by atoms with van der Waals surface area (Å²) in [5.41, 5.74) is 1.13. The van der Waals surface area contributed by atoms with Crippen molar-refractivity contribution in [2.45, 2.75) is 25.8 Å². The second-order valence-corrected chi connectivity index (χ2v) is 4.62. The number of rotatable bonds is 3. The molecule has 0 spiro atoms. The normalized spacial score (nSPS) is 24.2. The molecule has 1 fully saturated rings. The smallest absolute Gasteiger partial charge is 0.0572 e. The maximum atomic E-state index is 9.22. The van der Waals surface area contributed by atoms with Crippen LogP contribution in [-0.2, 0) is 0 Å². The number of likely N-dealkylation sites (tertiary alicyclic amines) is 1. The monoisotopic (exact) mass is 220 g/mol. The summed E-state index contributed by atoms with van der Waals surface area (Å²) in [5, 5.41) is 9.22. The minimum absolute atomic E-state index is 0.311. The van der Waals surface area contributed by atoms with Gasteiger partial charge in [0.15, 0.2) is 0 Å². The molecule has 1 aromatic rings. The predicted octanol–water partition coefficient (Wildman–Crippen LogP) is 1.85. The van der Waals surface area contributed by atoms with Gasteiger partial charge in [-0.05, 0) is 44.4 Å². The number of aliphatic hydroxyl groups excluding tert-OH is 1. The first-order valence-corrected chi connectivity index (χ1v) is 6.07. The van der Waals surface area contributed by atoms with Gasteiger partial charge in [-0.25, -0.2) is 0 Å². The van der Waals surface area contributed by atoms with Gasteiger partial charge in [-0.2, -0.15) is 0 Å². The molecule has 0 radical (unpaired) electrons. The highest BCUT2D eigenvalue weighted by atomic mass is 16.3. The first kappa shape index (κ1) is 11.6. The molecule has 1 aliphatic rings. The van der Waals surface area contributed by atoms with E-state index in [1.54, 1.807) is 0 Å². The van der Waals surface area contributed by atoms with Crippen molar-refractivity contribution in [3.63, 3.8) is 0 Å². The zero-order valence-electron chi connectivity index (χ0n) is 9.84. The molecule has 88 valence electrons. The molecule has 2 rings (SSSR count). The standard InChI is InChI=1S/C13H20N2O/c1-11(13-6-2-3-7-14-13)15-8-4-5-12(9-15)10-16/h2-3,6-7,11-12,16H,4-5,8-10H2,1H3. The zero-order valence-corrected chi connectivity index (χ0v) is 9.84. The Kier molecular flexibility index (Phi) is 3.91. The van der Waals surface area contributed by atoms with Crippen molar-refractivity contribution in [1.82, 2.24) is 9.88 Å². The highest BCUT2D eigenvalue weighted by Gasteiger charge is 2.24. The third kappa shape index (κ3) is 2.60. The van der Waals surface area contributed by atoms with Crippen LogP contribution >= 0.6 is 0 Å². The van der Waals surface area contributed by atoms with Crippen LogP contribution in [0.1, 0.15) is 31.5 Å². The SMILES string of the molecule is CC(c1ccccn1)N1CCCC(CO)C1. The van der Waals surface area contributed by atoms with Crippen LogP contribution in [0.4, 0.5) is 0 Å². The number of aliphatic hydroxyl groups is 1. The van der Waals surface area contributed by atoms with E-state index in [1.807, 2.05) is 18.3 Å². The lowest BCUT2D eigenvalue weighted by Gasteiger charge is -2.35. The summed E-state index contributed by atoms with van der Waals surface area (Å²) in [5.74, 6) is 0.444. The maximum Gasteiger partial charge on any atom is 0.0572 e. The van der Waals surface area contributed by atoms with Crippen molar-refractivity contribution < 1.29 is 5.11 Å². The Morgan fingerprint density at radius 3 is 3.12 bits per heavy atom. The van der Waals surface area contributed by atoms with Gasteiger partial charge in [-0.3, -0.25) is 9.88 Å². The Morgan fingerprint density at radius 2 is 2.44 bits per heavy atom. The van der Waals surface area contributed by atoms with Crippen LogP contribution in [0, 0.1) is 5.92 Å². The Hall–Kier alpha value is -0.930. The van der Waals surface area contributed by atoms with E-state index in [2.05, 4.69) is 22.9 Å². The first-order chi connectivity index (χ1) is 7.81. The van der Waals surface area contributed by atoms with Gasteiger partial charge in [-0.15, -0.1) is 0 Å². The molecule has 16 heavy (non-hydrogen) atoms. The molecule has 0 aromatic carbocycles. The van der Waals surface area contributed by atoms with Crippen molar-refractivity contribution in [3.05, 3.63) is 30.1 Å². The van der Waals surface area contributed by atoms with E-state index in [0.29, 0.717) is 18.6 Å². The number of aromatic nitrogens is 1. The van der Waals surface area contributed by atoms with Crippen LogP contribution in [0.15, 0.2) is 24.4 Å². The molecule has 2 atom stereocenters. The fraction of sp³-hybridized carbons (Fsp3) is 0.615. The predicted molar refractivity (Wildman–Crippen MR) is 64.0 cm³/mol. The molecule has 1 saturated heterocycles. The van der Waals surface area contributed by atoms with E-state index in [1.165, 1.54) is 6.42 Å². The van der Waals surface area contributed by atoms with Crippen molar-refractivity contribution in [2.24, 2.45) is 5.92 Å². The van der Waals surface area contributed by atoms with Gasteiger partial charge in [0, 0.05) is 25.4 Å². The van der Waals surface area contributed by atoms with Crippen LogP contribution in [0.5, 0.6) is 0 Å². The molecule has 1 aliphatic heterocycles.